The molecule has 4 atom stereocenters. The second kappa shape index (κ2) is 5.10. The first-order chi connectivity index (χ1) is 5.91. The van der Waals surface area contributed by atoms with Crippen LogP contribution in [0.4, 0.5) is 0 Å². The van der Waals surface area contributed by atoms with Crippen LogP contribution < -0.4 is 5.73 Å². The highest BCUT2D eigenvalue weighted by Gasteiger charge is 2.32. The van der Waals surface area contributed by atoms with Gasteiger partial charge >= 0.3 is 5.97 Å². The van der Waals surface area contributed by atoms with Gasteiger partial charge in [-0.25, -0.2) is 0 Å². The molecule has 0 aromatic carbocycles. The minimum atomic E-state index is -1.82. The third-order valence-electron chi connectivity index (χ3n) is 1.58. The highest BCUT2D eigenvalue weighted by molar-refractivity contribution is 5.74. The van der Waals surface area contributed by atoms with Gasteiger partial charge in [-0.3, -0.25) is 4.79 Å². The number of carbonyl (C=O) groups is 1. The molecule has 13 heavy (non-hydrogen) atoms. The molecule has 0 aliphatic carbocycles. The maximum atomic E-state index is 10.2. The van der Waals surface area contributed by atoms with Gasteiger partial charge in [-0.1, -0.05) is 0 Å². The van der Waals surface area contributed by atoms with Crippen LogP contribution in [0.25, 0.3) is 0 Å². The third-order valence-corrected chi connectivity index (χ3v) is 1.58. The fraction of sp³-hybridized carbons (Fsp3) is 0.833. The van der Waals surface area contributed by atoms with Crippen LogP contribution in [-0.4, -0.2) is 62.5 Å². The largest absolute Gasteiger partial charge is 0.480 e. The zero-order chi connectivity index (χ0) is 10.6. The van der Waals surface area contributed by atoms with Crippen molar-refractivity contribution in [2.75, 3.05) is 6.61 Å². The summed E-state index contributed by atoms with van der Waals surface area (Å²) < 4.78 is 0. The highest BCUT2D eigenvalue weighted by atomic mass is 16.4. The molecule has 0 bridgehead atoms. The Balaban J connectivity index is 4.24. The van der Waals surface area contributed by atoms with Gasteiger partial charge in [-0.15, -0.1) is 0 Å². The molecule has 0 rings (SSSR count). The molecule has 0 spiro atoms. The van der Waals surface area contributed by atoms with Crippen molar-refractivity contribution >= 4 is 5.97 Å². The van der Waals surface area contributed by atoms with Crippen LogP contribution in [0.2, 0.25) is 0 Å². The van der Waals surface area contributed by atoms with E-state index in [9.17, 15) is 4.79 Å². The number of hydrogen-bond acceptors (Lipinski definition) is 6. The van der Waals surface area contributed by atoms with Gasteiger partial charge < -0.3 is 31.3 Å². The molecule has 0 fully saturated rings. The number of rotatable bonds is 5. The maximum Gasteiger partial charge on any atom is 0.323 e. The van der Waals surface area contributed by atoms with E-state index in [2.05, 4.69) is 0 Å². The summed E-state index contributed by atoms with van der Waals surface area (Å²) >= 11 is 0. The second-order valence-corrected chi connectivity index (χ2v) is 2.60. The summed E-state index contributed by atoms with van der Waals surface area (Å²) in [7, 11) is 0. The van der Waals surface area contributed by atoms with E-state index in [-0.39, 0.29) is 0 Å². The molecule has 0 aromatic heterocycles. The lowest BCUT2D eigenvalue weighted by atomic mass is 10.0. The number of aliphatic carboxylic acids is 1. The Morgan fingerprint density at radius 3 is 2.00 bits per heavy atom. The highest BCUT2D eigenvalue weighted by Crippen LogP contribution is 2.03. The Morgan fingerprint density at radius 2 is 1.69 bits per heavy atom. The molecule has 0 heterocycles. The van der Waals surface area contributed by atoms with Crippen LogP contribution in [-0.2, 0) is 4.79 Å². The van der Waals surface area contributed by atoms with Crippen LogP contribution in [0, 0.1) is 0 Å². The quantitative estimate of drug-likeness (QED) is 0.266. The van der Waals surface area contributed by atoms with Crippen molar-refractivity contribution in [3.05, 3.63) is 0 Å². The molecule has 0 aromatic rings. The van der Waals surface area contributed by atoms with Crippen molar-refractivity contribution in [2.24, 2.45) is 5.73 Å². The van der Waals surface area contributed by atoms with Crippen molar-refractivity contribution in [3.63, 3.8) is 0 Å². The van der Waals surface area contributed by atoms with E-state index in [1.54, 1.807) is 0 Å². The molecular formula is C6H13NO6. The van der Waals surface area contributed by atoms with E-state index < -0.39 is 36.9 Å². The summed E-state index contributed by atoms with van der Waals surface area (Å²) in [6.07, 6.45) is -5.21. The number of carboxylic acid groups (broad SMARTS) is 1. The van der Waals surface area contributed by atoms with Crippen molar-refractivity contribution in [1.29, 1.82) is 0 Å². The fourth-order valence-corrected chi connectivity index (χ4v) is 0.694. The standard InChI is InChI=1S/C6H13NO6/c7-3(6(12)13)5(11)4(10)2(9)1-8/h2-5,8-11H,1,7H2,(H,12,13)/t2-,3+,4-,5-/m1/s1. The number of nitrogens with two attached hydrogens (primary N) is 1. The van der Waals surface area contributed by atoms with Gasteiger partial charge in [0, 0.05) is 0 Å². The minimum absolute atomic E-state index is 0.787. The second-order valence-electron chi connectivity index (χ2n) is 2.60. The molecule has 0 aliphatic heterocycles. The monoisotopic (exact) mass is 195 g/mol. The Bertz CT molecular complexity index is 175. The number of hydrogen-bond donors (Lipinski definition) is 6. The Hall–Kier alpha value is -0.730. The fourth-order valence-electron chi connectivity index (χ4n) is 0.694. The predicted octanol–water partition coefficient (Wildman–Crippen LogP) is -3.53. The molecule has 0 amide bonds. The van der Waals surface area contributed by atoms with Crippen molar-refractivity contribution in [2.45, 2.75) is 24.4 Å². The van der Waals surface area contributed by atoms with E-state index in [0.29, 0.717) is 0 Å². The lowest BCUT2D eigenvalue weighted by Gasteiger charge is -2.23. The summed E-state index contributed by atoms with van der Waals surface area (Å²) in [4.78, 5) is 10.2. The van der Waals surface area contributed by atoms with Gasteiger partial charge in [0.15, 0.2) is 0 Å². The van der Waals surface area contributed by atoms with Crippen molar-refractivity contribution in [3.8, 4) is 0 Å². The van der Waals surface area contributed by atoms with Crippen LogP contribution >= 0.6 is 0 Å². The van der Waals surface area contributed by atoms with E-state index in [1.807, 2.05) is 0 Å². The molecule has 0 unspecified atom stereocenters. The molecular weight excluding hydrogens is 182 g/mol. The maximum absolute atomic E-state index is 10.2. The molecule has 0 saturated carbocycles. The average Bonchev–Trinajstić information content (AvgIpc) is 2.12. The molecule has 7 heteroatoms. The Kier molecular flexibility index (Phi) is 4.81. The zero-order valence-electron chi connectivity index (χ0n) is 6.74. The molecule has 0 aliphatic rings. The van der Waals surface area contributed by atoms with E-state index in [0.717, 1.165) is 0 Å². The van der Waals surface area contributed by atoms with Crippen LogP contribution in [0.1, 0.15) is 0 Å². The van der Waals surface area contributed by atoms with Gasteiger partial charge in [0.2, 0.25) is 0 Å². The lowest BCUT2D eigenvalue weighted by Crippen LogP contribution is -2.52. The van der Waals surface area contributed by atoms with Gasteiger partial charge in [0.25, 0.3) is 0 Å². The number of carboxylic acids is 1. The summed E-state index contributed by atoms with van der Waals surface area (Å²) in [5.41, 5.74) is 4.95. The topological polar surface area (TPSA) is 144 Å². The first-order valence-electron chi connectivity index (χ1n) is 3.55. The molecule has 0 saturated heterocycles. The first kappa shape index (κ1) is 12.3. The smallest absolute Gasteiger partial charge is 0.323 e. The lowest BCUT2D eigenvalue weighted by molar-refractivity contribution is -0.146. The summed E-state index contributed by atoms with van der Waals surface area (Å²) in [6, 6.07) is -1.70. The molecule has 78 valence electrons. The summed E-state index contributed by atoms with van der Waals surface area (Å²) in [5, 5.41) is 43.5. The summed E-state index contributed by atoms with van der Waals surface area (Å²) in [6.45, 7) is -0.787. The van der Waals surface area contributed by atoms with Crippen LogP contribution in [0.5, 0.6) is 0 Å². The predicted molar refractivity (Wildman–Crippen MR) is 40.7 cm³/mol. The average molecular weight is 195 g/mol. The molecule has 0 radical (unpaired) electrons. The van der Waals surface area contributed by atoms with Crippen LogP contribution in [0.15, 0.2) is 0 Å². The number of aliphatic hydroxyl groups excluding tert-OH is 4. The first-order valence-corrected chi connectivity index (χ1v) is 3.55. The number of aliphatic hydroxyl groups is 4. The molecule has 7 N–H and O–H groups in total. The van der Waals surface area contributed by atoms with Crippen LogP contribution in [0.3, 0.4) is 0 Å². The Labute approximate surface area is 74.0 Å². The van der Waals surface area contributed by atoms with E-state index in [1.165, 1.54) is 0 Å². The zero-order valence-corrected chi connectivity index (χ0v) is 6.74. The van der Waals surface area contributed by atoms with Gasteiger partial charge in [0.1, 0.15) is 24.4 Å². The normalized spacial score (nSPS) is 20.4. The SMILES string of the molecule is N[C@H](C(=O)O)[C@@H](O)[C@H](O)[C@H](O)CO. The van der Waals surface area contributed by atoms with Gasteiger partial charge in [-0.05, 0) is 0 Å². The van der Waals surface area contributed by atoms with Crippen molar-refractivity contribution < 1.29 is 30.3 Å². The third kappa shape index (κ3) is 3.25. The van der Waals surface area contributed by atoms with E-state index in [4.69, 9.17) is 31.3 Å². The Morgan fingerprint density at radius 1 is 1.23 bits per heavy atom. The summed E-state index contributed by atoms with van der Waals surface area (Å²) in [5.74, 6) is -1.50. The van der Waals surface area contributed by atoms with Gasteiger partial charge in [0.05, 0.1) is 6.61 Å². The molecule has 7 nitrogen and oxygen atoms in total. The van der Waals surface area contributed by atoms with E-state index >= 15 is 0 Å². The minimum Gasteiger partial charge on any atom is -0.480 e. The van der Waals surface area contributed by atoms with Gasteiger partial charge in [-0.2, -0.15) is 0 Å². The van der Waals surface area contributed by atoms with Crippen molar-refractivity contribution in [1.82, 2.24) is 0 Å².